The summed E-state index contributed by atoms with van der Waals surface area (Å²) in [6, 6.07) is 8.63. The second kappa shape index (κ2) is 6.77. The third kappa shape index (κ3) is 3.30. The number of ether oxygens (including phenoxy) is 2. The molecule has 0 bridgehead atoms. The van der Waals surface area contributed by atoms with E-state index in [2.05, 4.69) is 31.2 Å². The molecule has 0 saturated carbocycles. The van der Waals surface area contributed by atoms with E-state index < -0.39 is 0 Å². The lowest BCUT2D eigenvalue weighted by Crippen LogP contribution is -2.35. The molecule has 1 heterocycles. The normalized spacial score (nSPS) is 18.1. The first-order valence-electron chi connectivity index (χ1n) is 6.47. The highest BCUT2D eigenvalue weighted by Crippen LogP contribution is 2.35. The number of hydrogen-bond acceptors (Lipinski definition) is 2. The van der Waals surface area contributed by atoms with E-state index in [0.29, 0.717) is 0 Å². The van der Waals surface area contributed by atoms with Crippen LogP contribution in [0.3, 0.4) is 0 Å². The molecule has 1 fully saturated rings. The largest absolute Gasteiger partial charge is 0.381 e. The van der Waals surface area contributed by atoms with Crippen LogP contribution in [-0.4, -0.2) is 20.3 Å². The van der Waals surface area contributed by atoms with Gasteiger partial charge in [0.25, 0.3) is 0 Å². The van der Waals surface area contributed by atoms with E-state index in [1.165, 1.54) is 11.1 Å². The zero-order valence-corrected chi connectivity index (χ0v) is 11.5. The van der Waals surface area contributed by atoms with Gasteiger partial charge in [0.15, 0.2) is 0 Å². The van der Waals surface area contributed by atoms with Crippen LogP contribution in [0.5, 0.6) is 0 Å². The molecule has 2 heteroatoms. The molecule has 17 heavy (non-hydrogen) atoms. The Labute approximate surface area is 105 Å². The van der Waals surface area contributed by atoms with Crippen molar-refractivity contribution in [3.8, 4) is 0 Å². The van der Waals surface area contributed by atoms with Crippen LogP contribution >= 0.6 is 0 Å². The summed E-state index contributed by atoms with van der Waals surface area (Å²) in [5.41, 5.74) is 2.45. The summed E-state index contributed by atoms with van der Waals surface area (Å²) in [5, 5.41) is 0. The van der Waals surface area contributed by atoms with Gasteiger partial charge >= 0.3 is 0 Å². The number of methoxy groups -OCH3 is 1. The highest BCUT2D eigenvalue weighted by Gasteiger charge is 2.34. The van der Waals surface area contributed by atoms with E-state index in [4.69, 9.17) is 9.47 Å². The highest BCUT2D eigenvalue weighted by atomic mass is 16.5. The van der Waals surface area contributed by atoms with Gasteiger partial charge in [0.05, 0.1) is 5.60 Å². The average molecular weight is 236 g/mol. The predicted molar refractivity (Wildman–Crippen MR) is 71.3 cm³/mol. The Hall–Kier alpha value is -0.860. The van der Waals surface area contributed by atoms with E-state index >= 15 is 0 Å². The molecule has 1 saturated heterocycles. The van der Waals surface area contributed by atoms with Gasteiger partial charge in [0.1, 0.15) is 0 Å². The maximum Gasteiger partial charge on any atom is 0.0971 e. The average Bonchev–Trinajstić information content (AvgIpc) is 2.42. The van der Waals surface area contributed by atoms with Crippen LogP contribution in [0.4, 0.5) is 0 Å². The number of rotatable bonds is 2. The van der Waals surface area contributed by atoms with Crippen LogP contribution in [-0.2, 0) is 15.1 Å². The van der Waals surface area contributed by atoms with Crippen molar-refractivity contribution in [2.24, 2.45) is 0 Å². The predicted octanol–water partition coefficient (Wildman–Crippen LogP) is 3.67. The SMILES string of the molecule is CC.COC1(c2ccc(C)cc2)CCOCC1. The molecule has 1 aliphatic rings. The summed E-state index contributed by atoms with van der Waals surface area (Å²) in [5.74, 6) is 0. The van der Waals surface area contributed by atoms with Crippen LogP contribution in [0.1, 0.15) is 37.8 Å². The topological polar surface area (TPSA) is 18.5 Å². The van der Waals surface area contributed by atoms with Crippen molar-refractivity contribution < 1.29 is 9.47 Å². The first-order chi connectivity index (χ1) is 8.27. The molecular formula is C15H24O2. The summed E-state index contributed by atoms with van der Waals surface area (Å²) in [6.45, 7) is 7.69. The van der Waals surface area contributed by atoms with Crippen LogP contribution in [0, 0.1) is 6.92 Å². The fraction of sp³-hybridized carbons (Fsp3) is 0.600. The minimum absolute atomic E-state index is 0.119. The molecule has 0 atom stereocenters. The molecule has 0 radical (unpaired) electrons. The standard InChI is InChI=1S/C13H18O2.C2H6/c1-11-3-5-12(6-4-11)13(14-2)7-9-15-10-8-13;1-2/h3-6H,7-10H2,1-2H3;1-2H3. The van der Waals surface area contributed by atoms with Gasteiger partial charge in [-0.3, -0.25) is 0 Å². The maximum absolute atomic E-state index is 5.72. The Balaban J connectivity index is 0.000000686. The van der Waals surface area contributed by atoms with Crippen molar-refractivity contribution in [2.45, 2.75) is 39.2 Å². The Kier molecular flexibility index (Phi) is 5.66. The monoisotopic (exact) mass is 236 g/mol. The van der Waals surface area contributed by atoms with Crippen molar-refractivity contribution in [1.82, 2.24) is 0 Å². The minimum atomic E-state index is -0.119. The molecule has 1 aliphatic heterocycles. The van der Waals surface area contributed by atoms with Gasteiger partial charge in [-0.1, -0.05) is 43.7 Å². The van der Waals surface area contributed by atoms with E-state index in [9.17, 15) is 0 Å². The van der Waals surface area contributed by atoms with Gasteiger partial charge in [-0.25, -0.2) is 0 Å². The molecule has 0 aromatic heterocycles. The van der Waals surface area contributed by atoms with Gasteiger partial charge in [-0.05, 0) is 12.5 Å². The van der Waals surface area contributed by atoms with Crippen LogP contribution in [0.25, 0.3) is 0 Å². The molecule has 0 unspecified atom stereocenters. The number of aryl methyl sites for hydroxylation is 1. The summed E-state index contributed by atoms with van der Waals surface area (Å²) in [6.07, 6.45) is 1.90. The van der Waals surface area contributed by atoms with Crippen molar-refractivity contribution in [2.75, 3.05) is 20.3 Å². The molecule has 1 aromatic rings. The van der Waals surface area contributed by atoms with Gasteiger partial charge in [-0.15, -0.1) is 0 Å². The number of benzene rings is 1. The van der Waals surface area contributed by atoms with Crippen LogP contribution in [0.2, 0.25) is 0 Å². The van der Waals surface area contributed by atoms with E-state index in [1.807, 2.05) is 13.8 Å². The Morgan fingerprint density at radius 3 is 2.06 bits per heavy atom. The number of hydrogen-bond donors (Lipinski definition) is 0. The second-order valence-corrected chi connectivity index (χ2v) is 4.18. The molecule has 0 aliphatic carbocycles. The van der Waals surface area contributed by atoms with Gasteiger partial charge in [0, 0.05) is 33.2 Å². The summed E-state index contributed by atoms with van der Waals surface area (Å²) < 4.78 is 11.1. The smallest absolute Gasteiger partial charge is 0.0971 e. The zero-order chi connectivity index (χ0) is 12.7. The van der Waals surface area contributed by atoms with Crippen molar-refractivity contribution in [1.29, 1.82) is 0 Å². The fourth-order valence-electron chi connectivity index (χ4n) is 2.17. The molecular weight excluding hydrogens is 212 g/mol. The molecule has 0 spiro atoms. The molecule has 2 nitrogen and oxygen atoms in total. The summed E-state index contributed by atoms with van der Waals surface area (Å²) in [7, 11) is 1.80. The van der Waals surface area contributed by atoms with Crippen LogP contribution < -0.4 is 0 Å². The van der Waals surface area contributed by atoms with Crippen LogP contribution in [0.15, 0.2) is 24.3 Å². The lowest BCUT2D eigenvalue weighted by molar-refractivity contribution is -0.0947. The van der Waals surface area contributed by atoms with Crippen molar-refractivity contribution >= 4 is 0 Å². The third-order valence-corrected chi connectivity index (χ3v) is 3.27. The van der Waals surface area contributed by atoms with Crippen molar-refractivity contribution in [3.63, 3.8) is 0 Å². The first-order valence-corrected chi connectivity index (χ1v) is 6.47. The van der Waals surface area contributed by atoms with E-state index in [1.54, 1.807) is 7.11 Å². The van der Waals surface area contributed by atoms with Gasteiger partial charge < -0.3 is 9.47 Å². The van der Waals surface area contributed by atoms with Gasteiger partial charge in [-0.2, -0.15) is 0 Å². The van der Waals surface area contributed by atoms with Crippen molar-refractivity contribution in [3.05, 3.63) is 35.4 Å². The second-order valence-electron chi connectivity index (χ2n) is 4.18. The lowest BCUT2D eigenvalue weighted by Gasteiger charge is -2.36. The quantitative estimate of drug-likeness (QED) is 0.780. The molecule has 96 valence electrons. The Bertz CT molecular complexity index is 310. The minimum Gasteiger partial charge on any atom is -0.381 e. The zero-order valence-electron chi connectivity index (χ0n) is 11.5. The Morgan fingerprint density at radius 2 is 1.59 bits per heavy atom. The first kappa shape index (κ1) is 14.2. The Morgan fingerprint density at radius 1 is 1.06 bits per heavy atom. The van der Waals surface area contributed by atoms with Gasteiger partial charge in [0.2, 0.25) is 0 Å². The maximum atomic E-state index is 5.72. The highest BCUT2D eigenvalue weighted by molar-refractivity contribution is 5.27. The summed E-state index contributed by atoms with van der Waals surface area (Å²) in [4.78, 5) is 0. The molecule has 1 aromatic carbocycles. The van der Waals surface area contributed by atoms with E-state index in [0.717, 1.165) is 26.1 Å². The summed E-state index contributed by atoms with van der Waals surface area (Å²) >= 11 is 0. The molecule has 2 rings (SSSR count). The molecule has 0 N–H and O–H groups in total. The fourth-order valence-corrected chi connectivity index (χ4v) is 2.17. The van der Waals surface area contributed by atoms with E-state index in [-0.39, 0.29) is 5.60 Å². The molecule has 0 amide bonds. The lowest BCUT2D eigenvalue weighted by atomic mass is 9.86. The third-order valence-electron chi connectivity index (χ3n) is 3.27.